The topological polar surface area (TPSA) is 91.2 Å². The summed E-state index contributed by atoms with van der Waals surface area (Å²) in [4.78, 5) is 24.4. The molecule has 3 rings (SSSR count). The number of aryl methyl sites for hydroxylation is 1. The molecule has 3 aromatic carbocycles. The maximum absolute atomic E-state index is 12.4. The summed E-state index contributed by atoms with van der Waals surface area (Å²) in [6.45, 7) is 1.80. The number of benzene rings is 3. The van der Waals surface area contributed by atoms with Gasteiger partial charge in [-0.2, -0.15) is 5.26 Å². The first kappa shape index (κ1) is 22.6. The molecule has 160 valence electrons. The molecular formula is C25H20ClN3O3. The Labute approximate surface area is 191 Å². The number of rotatable bonds is 7. The van der Waals surface area contributed by atoms with Gasteiger partial charge >= 0.3 is 0 Å². The van der Waals surface area contributed by atoms with Crippen LogP contribution in [-0.2, 0) is 9.59 Å². The molecule has 0 bridgehead atoms. The summed E-state index contributed by atoms with van der Waals surface area (Å²) < 4.78 is 5.50. The number of nitrogens with one attached hydrogen (secondary N) is 2. The molecule has 0 spiro atoms. The summed E-state index contributed by atoms with van der Waals surface area (Å²) >= 11 is 5.91. The fourth-order valence-corrected chi connectivity index (χ4v) is 3.00. The molecule has 0 saturated carbocycles. The van der Waals surface area contributed by atoms with Crippen molar-refractivity contribution in [2.24, 2.45) is 0 Å². The van der Waals surface area contributed by atoms with Crippen LogP contribution in [0, 0.1) is 18.3 Å². The standard InChI is InChI=1S/C25H20ClN3O3/c1-17-4-2-6-21(12-17)28-24(30)16-32-23-10-8-18(9-11-23)13-19(15-27)25(31)29-22-7-3-5-20(26)14-22/h2-14H,16H2,1H3,(H,28,30)(H,29,31)/b19-13+. The number of nitriles is 1. The SMILES string of the molecule is Cc1cccc(NC(=O)COc2ccc(/C=C(\C#N)C(=O)Nc3cccc(Cl)c3)cc2)c1. The number of anilines is 2. The average Bonchev–Trinajstić information content (AvgIpc) is 2.77. The maximum Gasteiger partial charge on any atom is 0.266 e. The first-order valence-corrected chi connectivity index (χ1v) is 10.1. The Balaban J connectivity index is 1.57. The molecule has 0 aliphatic heterocycles. The zero-order valence-electron chi connectivity index (χ0n) is 17.3. The van der Waals surface area contributed by atoms with E-state index in [0.717, 1.165) is 5.56 Å². The van der Waals surface area contributed by atoms with Crippen LogP contribution in [0.15, 0.2) is 78.4 Å². The number of carbonyl (C=O) groups excluding carboxylic acids is 2. The molecule has 32 heavy (non-hydrogen) atoms. The molecule has 0 aliphatic carbocycles. The fraction of sp³-hybridized carbons (Fsp3) is 0.0800. The lowest BCUT2D eigenvalue weighted by Gasteiger charge is -2.08. The van der Waals surface area contributed by atoms with Crippen LogP contribution in [0.25, 0.3) is 6.08 Å². The van der Waals surface area contributed by atoms with Crippen molar-refractivity contribution in [2.45, 2.75) is 6.92 Å². The van der Waals surface area contributed by atoms with Crippen molar-refractivity contribution in [3.8, 4) is 11.8 Å². The molecule has 0 aliphatic rings. The quantitative estimate of drug-likeness (QED) is 0.385. The van der Waals surface area contributed by atoms with Crippen LogP contribution in [-0.4, -0.2) is 18.4 Å². The smallest absolute Gasteiger partial charge is 0.266 e. The van der Waals surface area contributed by atoms with E-state index in [1.807, 2.05) is 31.2 Å². The van der Waals surface area contributed by atoms with E-state index >= 15 is 0 Å². The van der Waals surface area contributed by atoms with Gasteiger partial charge in [-0.1, -0.05) is 41.9 Å². The first-order chi connectivity index (χ1) is 15.4. The lowest BCUT2D eigenvalue weighted by molar-refractivity contribution is -0.118. The number of ether oxygens (including phenoxy) is 1. The largest absolute Gasteiger partial charge is 0.484 e. The van der Waals surface area contributed by atoms with Crippen LogP contribution in [0.5, 0.6) is 5.75 Å². The van der Waals surface area contributed by atoms with Crippen molar-refractivity contribution >= 4 is 40.9 Å². The zero-order chi connectivity index (χ0) is 22.9. The van der Waals surface area contributed by atoms with E-state index in [1.165, 1.54) is 6.08 Å². The Morgan fingerprint density at radius 2 is 1.69 bits per heavy atom. The highest BCUT2D eigenvalue weighted by Crippen LogP contribution is 2.18. The summed E-state index contributed by atoms with van der Waals surface area (Å²) in [6, 6.07) is 22.8. The lowest BCUT2D eigenvalue weighted by atomic mass is 10.1. The summed E-state index contributed by atoms with van der Waals surface area (Å²) in [5.41, 5.74) is 2.83. The first-order valence-electron chi connectivity index (χ1n) is 9.71. The maximum atomic E-state index is 12.4. The van der Waals surface area contributed by atoms with E-state index in [9.17, 15) is 14.9 Å². The molecule has 0 unspecified atom stereocenters. The number of hydrogen-bond acceptors (Lipinski definition) is 4. The molecule has 6 nitrogen and oxygen atoms in total. The number of halogens is 1. The van der Waals surface area contributed by atoms with Gasteiger partial charge in [-0.25, -0.2) is 0 Å². The van der Waals surface area contributed by atoms with Crippen molar-refractivity contribution in [1.82, 2.24) is 0 Å². The molecule has 0 saturated heterocycles. The van der Waals surface area contributed by atoms with Crippen LogP contribution >= 0.6 is 11.6 Å². The van der Waals surface area contributed by atoms with Gasteiger partial charge in [-0.15, -0.1) is 0 Å². The van der Waals surface area contributed by atoms with Crippen molar-refractivity contribution < 1.29 is 14.3 Å². The summed E-state index contributed by atoms with van der Waals surface area (Å²) in [5, 5.41) is 15.2. The summed E-state index contributed by atoms with van der Waals surface area (Å²) in [7, 11) is 0. The highest BCUT2D eigenvalue weighted by atomic mass is 35.5. The highest BCUT2D eigenvalue weighted by molar-refractivity contribution is 6.31. The van der Waals surface area contributed by atoms with Gasteiger partial charge in [0.15, 0.2) is 6.61 Å². The van der Waals surface area contributed by atoms with Crippen LogP contribution in [0.4, 0.5) is 11.4 Å². The Hall–Kier alpha value is -4.08. The predicted octanol–water partition coefficient (Wildman–Crippen LogP) is 5.21. The van der Waals surface area contributed by atoms with Gasteiger partial charge in [0.1, 0.15) is 17.4 Å². The minimum atomic E-state index is -0.539. The molecule has 3 aromatic rings. The van der Waals surface area contributed by atoms with Crippen molar-refractivity contribution in [1.29, 1.82) is 5.26 Å². The van der Waals surface area contributed by atoms with Crippen LogP contribution in [0.3, 0.4) is 0 Å². The lowest BCUT2D eigenvalue weighted by Crippen LogP contribution is -2.20. The van der Waals surface area contributed by atoms with Crippen molar-refractivity contribution in [2.75, 3.05) is 17.2 Å². The second-order valence-corrected chi connectivity index (χ2v) is 7.35. The van der Waals surface area contributed by atoms with Gasteiger partial charge in [-0.3, -0.25) is 9.59 Å². The van der Waals surface area contributed by atoms with E-state index in [-0.39, 0.29) is 18.1 Å². The van der Waals surface area contributed by atoms with Crippen molar-refractivity contribution in [3.63, 3.8) is 0 Å². The number of amides is 2. The van der Waals surface area contributed by atoms with Gasteiger partial charge in [0, 0.05) is 16.4 Å². The molecule has 0 radical (unpaired) electrons. The van der Waals surface area contributed by atoms with E-state index in [4.69, 9.17) is 16.3 Å². The molecular weight excluding hydrogens is 426 g/mol. The van der Waals surface area contributed by atoms with Crippen molar-refractivity contribution in [3.05, 3.63) is 94.5 Å². The number of carbonyl (C=O) groups is 2. The normalized spacial score (nSPS) is 10.7. The molecule has 0 atom stereocenters. The van der Waals surface area contributed by atoms with Gasteiger partial charge in [0.05, 0.1) is 0 Å². The van der Waals surface area contributed by atoms with E-state index in [0.29, 0.717) is 27.7 Å². The molecule has 0 fully saturated rings. The molecule has 2 amide bonds. The molecule has 7 heteroatoms. The predicted molar refractivity (Wildman–Crippen MR) is 125 cm³/mol. The van der Waals surface area contributed by atoms with Crippen LogP contribution < -0.4 is 15.4 Å². The van der Waals surface area contributed by atoms with Crippen LogP contribution in [0.1, 0.15) is 11.1 Å². The second-order valence-electron chi connectivity index (χ2n) is 6.91. The molecule has 0 aromatic heterocycles. The number of nitrogens with zero attached hydrogens (tertiary/aromatic N) is 1. The minimum absolute atomic E-state index is 0.0591. The third kappa shape index (κ3) is 6.73. The van der Waals surface area contributed by atoms with E-state index in [2.05, 4.69) is 10.6 Å². The minimum Gasteiger partial charge on any atom is -0.484 e. The molecule has 2 N–H and O–H groups in total. The number of hydrogen-bond donors (Lipinski definition) is 2. The third-order valence-electron chi connectivity index (χ3n) is 4.31. The third-order valence-corrected chi connectivity index (χ3v) is 4.55. The van der Waals surface area contributed by atoms with Gasteiger partial charge in [-0.05, 0) is 66.6 Å². The van der Waals surface area contributed by atoms with E-state index < -0.39 is 5.91 Å². The Morgan fingerprint density at radius 1 is 1.00 bits per heavy atom. The fourth-order valence-electron chi connectivity index (χ4n) is 2.81. The van der Waals surface area contributed by atoms with Crippen LogP contribution in [0.2, 0.25) is 5.02 Å². The monoisotopic (exact) mass is 445 g/mol. The average molecular weight is 446 g/mol. The Morgan fingerprint density at radius 3 is 2.34 bits per heavy atom. The van der Waals surface area contributed by atoms with Gasteiger partial charge in [0.25, 0.3) is 11.8 Å². The summed E-state index contributed by atoms with van der Waals surface area (Å²) in [6.07, 6.45) is 1.47. The molecule has 0 heterocycles. The highest BCUT2D eigenvalue weighted by Gasteiger charge is 2.10. The summed E-state index contributed by atoms with van der Waals surface area (Å²) in [5.74, 6) is -0.324. The Kier molecular flexibility index (Phi) is 7.63. The Bertz CT molecular complexity index is 1200. The zero-order valence-corrected chi connectivity index (χ0v) is 18.0. The van der Waals surface area contributed by atoms with Gasteiger partial charge < -0.3 is 15.4 Å². The second kappa shape index (κ2) is 10.8. The van der Waals surface area contributed by atoms with Gasteiger partial charge in [0.2, 0.25) is 0 Å². The van der Waals surface area contributed by atoms with E-state index in [1.54, 1.807) is 54.6 Å².